The quantitative estimate of drug-likeness (QED) is 0.910. The van der Waals surface area contributed by atoms with Crippen molar-refractivity contribution in [2.75, 3.05) is 13.1 Å². The van der Waals surface area contributed by atoms with Gasteiger partial charge in [-0.1, -0.05) is 6.42 Å². The number of rotatable bonds is 2. The molecule has 2 aliphatic carbocycles. The van der Waals surface area contributed by atoms with Gasteiger partial charge in [0.05, 0.1) is 6.04 Å². The van der Waals surface area contributed by atoms with Gasteiger partial charge in [-0.15, -0.1) is 0 Å². The van der Waals surface area contributed by atoms with E-state index in [1.54, 1.807) is 0 Å². The lowest BCUT2D eigenvalue weighted by atomic mass is 9.65. The van der Waals surface area contributed by atoms with Gasteiger partial charge in [-0.05, 0) is 56.4 Å². The highest BCUT2D eigenvalue weighted by Crippen LogP contribution is 2.42. The number of likely N-dealkylation sites (tertiary alicyclic amines) is 1. The van der Waals surface area contributed by atoms with Crippen LogP contribution in [0.5, 0.6) is 0 Å². The summed E-state index contributed by atoms with van der Waals surface area (Å²) in [6.45, 7) is 1.73. The van der Waals surface area contributed by atoms with Gasteiger partial charge >= 0.3 is 0 Å². The number of nitrogens with two attached hydrogens (primary N) is 1. The average Bonchev–Trinajstić information content (AvgIpc) is 3.08. The molecule has 3 fully saturated rings. The first kappa shape index (κ1) is 15.2. The van der Waals surface area contributed by atoms with Crippen LogP contribution >= 0.6 is 0 Å². The van der Waals surface area contributed by atoms with Crippen LogP contribution in [0.2, 0.25) is 0 Å². The number of nitrogens with zero attached hydrogens (tertiary/aromatic N) is 3. The topological polar surface area (TPSA) is 64.2 Å². The van der Waals surface area contributed by atoms with E-state index < -0.39 is 0 Å². The molecule has 2 bridgehead atoms. The molecule has 3 aliphatic rings. The zero-order valence-corrected chi connectivity index (χ0v) is 13.8. The molecule has 1 saturated heterocycles. The van der Waals surface area contributed by atoms with E-state index in [2.05, 4.69) is 10.00 Å². The standard InChI is InChI=1S/C18H28N4O/c19-17-13-4-1-5-14(17)11-15(10-13)18(23)21-8-2-6-16(12-21)22-9-3-7-20-22/h3,7,9,13-17H,1-2,4-6,8,10-12,19H2. The normalized spacial score (nSPS) is 37.6. The second-order valence-electron chi connectivity index (χ2n) is 7.76. The fourth-order valence-electron chi connectivity index (χ4n) is 5.12. The molecule has 1 aliphatic heterocycles. The number of carbonyl (C=O) groups is 1. The summed E-state index contributed by atoms with van der Waals surface area (Å²) in [4.78, 5) is 15.2. The lowest BCUT2D eigenvalue weighted by Gasteiger charge is -2.45. The highest BCUT2D eigenvalue weighted by molar-refractivity contribution is 5.79. The summed E-state index contributed by atoms with van der Waals surface area (Å²) in [7, 11) is 0. The van der Waals surface area contributed by atoms with E-state index in [1.807, 2.05) is 23.1 Å². The lowest BCUT2D eigenvalue weighted by molar-refractivity contribution is -0.140. The second-order valence-corrected chi connectivity index (χ2v) is 7.76. The van der Waals surface area contributed by atoms with E-state index in [-0.39, 0.29) is 5.92 Å². The molecule has 1 amide bonds. The van der Waals surface area contributed by atoms with Gasteiger partial charge in [0.2, 0.25) is 5.91 Å². The monoisotopic (exact) mass is 316 g/mol. The smallest absolute Gasteiger partial charge is 0.225 e. The number of hydrogen-bond acceptors (Lipinski definition) is 3. The summed E-state index contributed by atoms with van der Waals surface area (Å²) in [6.07, 6.45) is 11.8. The summed E-state index contributed by atoms with van der Waals surface area (Å²) in [6, 6.07) is 2.64. The molecule has 5 nitrogen and oxygen atoms in total. The summed E-state index contributed by atoms with van der Waals surface area (Å²) in [5.74, 6) is 1.73. The van der Waals surface area contributed by atoms with Crippen molar-refractivity contribution in [3.8, 4) is 0 Å². The van der Waals surface area contributed by atoms with Gasteiger partial charge < -0.3 is 10.6 Å². The molecule has 0 radical (unpaired) electrons. The Morgan fingerprint density at radius 1 is 1.13 bits per heavy atom. The Hall–Kier alpha value is -1.36. The average molecular weight is 316 g/mol. The molecule has 2 saturated carbocycles. The fourth-order valence-corrected chi connectivity index (χ4v) is 5.12. The van der Waals surface area contributed by atoms with Crippen LogP contribution in [-0.2, 0) is 4.79 Å². The van der Waals surface area contributed by atoms with E-state index in [0.717, 1.165) is 38.8 Å². The largest absolute Gasteiger partial charge is 0.340 e. The van der Waals surface area contributed by atoms with E-state index in [0.29, 0.717) is 29.8 Å². The van der Waals surface area contributed by atoms with Crippen molar-refractivity contribution in [3.05, 3.63) is 18.5 Å². The third kappa shape index (κ3) is 2.91. The third-order valence-electron chi connectivity index (χ3n) is 6.37. The minimum absolute atomic E-state index is 0.210. The van der Waals surface area contributed by atoms with Crippen molar-refractivity contribution >= 4 is 5.91 Å². The Balaban J connectivity index is 1.42. The molecule has 3 unspecified atom stereocenters. The van der Waals surface area contributed by atoms with Crippen LogP contribution in [0.4, 0.5) is 0 Å². The predicted molar refractivity (Wildman–Crippen MR) is 88.6 cm³/mol. The van der Waals surface area contributed by atoms with Gasteiger partial charge in [-0.3, -0.25) is 9.48 Å². The molecule has 126 valence electrons. The highest BCUT2D eigenvalue weighted by atomic mass is 16.2. The molecule has 23 heavy (non-hydrogen) atoms. The van der Waals surface area contributed by atoms with Crippen LogP contribution in [0.1, 0.15) is 51.0 Å². The predicted octanol–water partition coefficient (Wildman–Crippen LogP) is 2.20. The number of carbonyl (C=O) groups excluding carboxylic acids is 1. The Morgan fingerprint density at radius 2 is 1.91 bits per heavy atom. The fraction of sp³-hybridized carbons (Fsp3) is 0.778. The zero-order chi connectivity index (χ0) is 15.8. The van der Waals surface area contributed by atoms with Crippen molar-refractivity contribution in [1.29, 1.82) is 0 Å². The molecular weight excluding hydrogens is 288 g/mol. The molecule has 2 N–H and O–H groups in total. The van der Waals surface area contributed by atoms with E-state index in [4.69, 9.17) is 5.73 Å². The molecule has 1 aromatic heterocycles. The van der Waals surface area contributed by atoms with Crippen LogP contribution in [0.15, 0.2) is 18.5 Å². The first-order valence-electron chi connectivity index (χ1n) is 9.26. The van der Waals surface area contributed by atoms with Gasteiger partial charge in [0.15, 0.2) is 0 Å². The summed E-state index contributed by atoms with van der Waals surface area (Å²) in [5, 5.41) is 4.36. The van der Waals surface area contributed by atoms with E-state index >= 15 is 0 Å². The minimum Gasteiger partial charge on any atom is -0.340 e. The molecule has 4 rings (SSSR count). The molecule has 1 aromatic rings. The molecule has 0 spiro atoms. The first-order valence-corrected chi connectivity index (χ1v) is 9.26. The maximum atomic E-state index is 13.1. The third-order valence-corrected chi connectivity index (χ3v) is 6.37. The number of piperidine rings is 1. The molecular formula is C18H28N4O. The molecule has 3 atom stereocenters. The van der Waals surface area contributed by atoms with E-state index in [9.17, 15) is 4.79 Å². The highest BCUT2D eigenvalue weighted by Gasteiger charge is 2.42. The number of fused-ring (bicyclic) bond motifs is 2. The Labute approximate surface area is 138 Å². The van der Waals surface area contributed by atoms with Crippen LogP contribution in [0, 0.1) is 17.8 Å². The maximum absolute atomic E-state index is 13.1. The van der Waals surface area contributed by atoms with Gasteiger partial charge in [-0.2, -0.15) is 5.10 Å². The Morgan fingerprint density at radius 3 is 2.61 bits per heavy atom. The van der Waals surface area contributed by atoms with Crippen molar-refractivity contribution in [1.82, 2.24) is 14.7 Å². The summed E-state index contributed by atoms with van der Waals surface area (Å²) < 4.78 is 2.02. The molecule has 0 aromatic carbocycles. The van der Waals surface area contributed by atoms with Crippen LogP contribution in [0.3, 0.4) is 0 Å². The lowest BCUT2D eigenvalue weighted by Crippen LogP contribution is -2.51. The van der Waals surface area contributed by atoms with Gasteiger partial charge in [0, 0.05) is 37.4 Å². The van der Waals surface area contributed by atoms with Crippen LogP contribution < -0.4 is 5.73 Å². The molecule has 5 heteroatoms. The van der Waals surface area contributed by atoms with Gasteiger partial charge in [0.25, 0.3) is 0 Å². The van der Waals surface area contributed by atoms with Crippen molar-refractivity contribution in [2.45, 2.75) is 57.0 Å². The van der Waals surface area contributed by atoms with Gasteiger partial charge in [-0.25, -0.2) is 0 Å². The Kier molecular flexibility index (Phi) is 4.14. The zero-order valence-electron chi connectivity index (χ0n) is 13.8. The van der Waals surface area contributed by atoms with Gasteiger partial charge in [0.1, 0.15) is 0 Å². The number of amides is 1. The summed E-state index contributed by atoms with van der Waals surface area (Å²) >= 11 is 0. The maximum Gasteiger partial charge on any atom is 0.225 e. The molecule has 2 heterocycles. The van der Waals surface area contributed by atoms with Crippen molar-refractivity contribution < 1.29 is 4.79 Å². The second kappa shape index (κ2) is 6.27. The van der Waals surface area contributed by atoms with E-state index in [1.165, 1.54) is 19.3 Å². The SMILES string of the molecule is NC1C2CCCC1CC(C(=O)N1CCCC(n3cccn3)C1)C2. The van der Waals surface area contributed by atoms with Crippen LogP contribution in [-0.4, -0.2) is 39.7 Å². The number of hydrogen-bond donors (Lipinski definition) is 1. The Bertz CT molecular complexity index is 529. The minimum atomic E-state index is 0.210. The van der Waals surface area contributed by atoms with Crippen LogP contribution in [0.25, 0.3) is 0 Å². The summed E-state index contributed by atoms with van der Waals surface area (Å²) in [5.41, 5.74) is 6.37. The first-order chi connectivity index (χ1) is 11.2. The van der Waals surface area contributed by atoms with Crippen molar-refractivity contribution in [3.63, 3.8) is 0 Å². The van der Waals surface area contributed by atoms with Crippen molar-refractivity contribution in [2.24, 2.45) is 23.5 Å². The number of aromatic nitrogens is 2.